The minimum Gasteiger partial charge on any atom is -0.309 e. The molecule has 0 N–H and O–H groups in total. The number of hydrogen-bond acceptors (Lipinski definition) is 4. The molecule has 4 nitrogen and oxygen atoms in total. The van der Waals surface area contributed by atoms with Crippen LogP contribution >= 0.6 is 11.3 Å². The van der Waals surface area contributed by atoms with Crippen LogP contribution in [-0.4, -0.2) is 19.5 Å². The Hall–Kier alpha value is -5.65. The molecule has 0 aliphatic heterocycles. The van der Waals surface area contributed by atoms with Crippen LogP contribution in [0.5, 0.6) is 0 Å². The average Bonchev–Trinajstić information content (AvgIpc) is 3.64. The van der Waals surface area contributed by atoms with Gasteiger partial charge in [-0.05, 0) is 42.5 Å². The van der Waals surface area contributed by atoms with Gasteiger partial charge in [-0.25, -0.2) is 15.0 Å². The van der Waals surface area contributed by atoms with Gasteiger partial charge in [0.2, 0.25) is 0 Å². The normalized spacial score (nSPS) is 11.6. The lowest BCUT2D eigenvalue weighted by atomic mass is 10.1. The van der Waals surface area contributed by atoms with Crippen molar-refractivity contribution in [2.45, 2.75) is 0 Å². The van der Waals surface area contributed by atoms with Crippen LogP contribution in [0, 0.1) is 0 Å². The number of hydrogen-bond donors (Lipinski definition) is 0. The molecular weight excluding hydrogens is 557 g/mol. The Morgan fingerprint density at radius 1 is 0.409 bits per heavy atom. The summed E-state index contributed by atoms with van der Waals surface area (Å²) < 4.78 is 5.00. The summed E-state index contributed by atoms with van der Waals surface area (Å²) in [4.78, 5) is 14.9. The minimum atomic E-state index is 0.655. The Bertz CT molecular complexity index is 2440. The van der Waals surface area contributed by atoms with Crippen LogP contribution in [0.2, 0.25) is 0 Å². The summed E-state index contributed by atoms with van der Waals surface area (Å²) >= 11 is 1.85. The average molecular weight is 581 g/mol. The predicted octanol–water partition coefficient (Wildman–Crippen LogP) is 10.3. The van der Waals surface area contributed by atoms with Gasteiger partial charge in [-0.3, -0.25) is 0 Å². The molecule has 9 aromatic rings. The van der Waals surface area contributed by atoms with Crippen LogP contribution in [0.15, 0.2) is 146 Å². The summed E-state index contributed by atoms with van der Waals surface area (Å²) in [7, 11) is 0. The van der Waals surface area contributed by atoms with Crippen molar-refractivity contribution in [3.8, 4) is 39.9 Å². The van der Waals surface area contributed by atoms with Gasteiger partial charge in [0.1, 0.15) is 0 Å². The predicted molar refractivity (Wildman–Crippen MR) is 183 cm³/mol. The third-order valence-corrected chi connectivity index (χ3v) is 9.39. The first-order valence-electron chi connectivity index (χ1n) is 14.6. The molecule has 0 aliphatic rings. The number of fused-ring (bicyclic) bond motifs is 6. The van der Waals surface area contributed by atoms with E-state index in [4.69, 9.17) is 15.0 Å². The Morgan fingerprint density at radius 3 is 1.70 bits per heavy atom. The Kier molecular flexibility index (Phi) is 5.64. The van der Waals surface area contributed by atoms with Crippen LogP contribution in [0.3, 0.4) is 0 Å². The van der Waals surface area contributed by atoms with Crippen molar-refractivity contribution in [3.05, 3.63) is 146 Å². The largest absolute Gasteiger partial charge is 0.309 e. The van der Waals surface area contributed by atoms with Crippen molar-refractivity contribution < 1.29 is 0 Å². The van der Waals surface area contributed by atoms with E-state index in [-0.39, 0.29) is 0 Å². The molecule has 0 unspecified atom stereocenters. The second-order valence-corrected chi connectivity index (χ2v) is 12.0. The van der Waals surface area contributed by atoms with Gasteiger partial charge in [0, 0.05) is 47.6 Å². The fraction of sp³-hybridized carbons (Fsp3) is 0. The second-order valence-electron chi connectivity index (χ2n) is 10.9. The SMILES string of the molecule is c1ccc(-c2nc(-c3ccccc3)nc(-c3ccc4c(c3)c3ccccc3n4-c3cccc4sc5ccccc5c34)n2)cc1. The summed E-state index contributed by atoms with van der Waals surface area (Å²) in [6.45, 7) is 0. The molecule has 0 saturated heterocycles. The van der Waals surface area contributed by atoms with Crippen molar-refractivity contribution in [3.63, 3.8) is 0 Å². The van der Waals surface area contributed by atoms with Gasteiger partial charge in [0.05, 0.1) is 16.7 Å². The first-order chi connectivity index (χ1) is 21.8. The summed E-state index contributed by atoms with van der Waals surface area (Å²) in [6, 6.07) is 50.8. The molecule has 0 fully saturated rings. The standard InChI is InChI=1S/C39H24N4S/c1-3-12-25(13-4-1)37-40-38(26-14-5-2-6-15-26)42-39(41-37)27-22-23-32-30(24-27)28-16-7-9-18-31(28)43(32)33-19-11-21-35-36(33)29-17-8-10-20-34(29)44-35/h1-24H. The highest BCUT2D eigenvalue weighted by Crippen LogP contribution is 2.41. The number of benzene rings is 6. The molecule has 0 spiro atoms. The zero-order chi connectivity index (χ0) is 29.0. The summed E-state index contributed by atoms with van der Waals surface area (Å²) in [5.74, 6) is 1.98. The molecule has 9 rings (SSSR count). The van der Waals surface area contributed by atoms with E-state index in [0.717, 1.165) is 27.6 Å². The maximum absolute atomic E-state index is 4.99. The summed E-state index contributed by atoms with van der Waals surface area (Å²) in [5.41, 5.74) is 6.39. The number of aromatic nitrogens is 4. The molecule has 206 valence electrons. The van der Waals surface area contributed by atoms with Crippen molar-refractivity contribution >= 4 is 53.3 Å². The molecule has 0 amide bonds. The number of nitrogens with zero attached hydrogens (tertiary/aromatic N) is 4. The zero-order valence-corrected chi connectivity index (χ0v) is 24.4. The number of rotatable bonds is 4. The lowest BCUT2D eigenvalue weighted by Crippen LogP contribution is -2.00. The van der Waals surface area contributed by atoms with Crippen LogP contribution < -0.4 is 0 Å². The van der Waals surface area contributed by atoms with Crippen molar-refractivity contribution in [1.29, 1.82) is 0 Å². The fourth-order valence-electron chi connectivity index (χ4n) is 6.25. The maximum atomic E-state index is 4.99. The van der Waals surface area contributed by atoms with E-state index in [1.165, 1.54) is 36.8 Å². The van der Waals surface area contributed by atoms with Crippen molar-refractivity contribution in [1.82, 2.24) is 19.5 Å². The van der Waals surface area contributed by atoms with E-state index in [1.807, 2.05) is 72.0 Å². The van der Waals surface area contributed by atoms with Gasteiger partial charge in [-0.15, -0.1) is 11.3 Å². The van der Waals surface area contributed by atoms with Crippen LogP contribution in [0.1, 0.15) is 0 Å². The topological polar surface area (TPSA) is 43.6 Å². The van der Waals surface area contributed by atoms with Gasteiger partial charge in [0.15, 0.2) is 17.5 Å². The van der Waals surface area contributed by atoms with Crippen LogP contribution in [0.4, 0.5) is 0 Å². The molecular formula is C39H24N4S. The maximum Gasteiger partial charge on any atom is 0.164 e. The molecule has 5 heteroatoms. The molecule has 0 saturated carbocycles. The van der Waals surface area contributed by atoms with E-state index in [2.05, 4.69) is 89.5 Å². The van der Waals surface area contributed by atoms with Gasteiger partial charge >= 0.3 is 0 Å². The van der Waals surface area contributed by atoms with E-state index in [1.54, 1.807) is 0 Å². The highest BCUT2D eigenvalue weighted by Gasteiger charge is 2.18. The third kappa shape index (κ3) is 3.94. The molecule has 6 aromatic carbocycles. The number of para-hydroxylation sites is 1. The Balaban J connectivity index is 1.29. The molecule has 3 heterocycles. The molecule has 0 bridgehead atoms. The Labute approximate surface area is 257 Å². The zero-order valence-electron chi connectivity index (χ0n) is 23.6. The van der Waals surface area contributed by atoms with Gasteiger partial charge < -0.3 is 4.57 Å². The molecule has 0 aliphatic carbocycles. The first kappa shape index (κ1) is 24.9. The lowest BCUT2D eigenvalue weighted by molar-refractivity contribution is 1.07. The fourth-order valence-corrected chi connectivity index (χ4v) is 7.38. The van der Waals surface area contributed by atoms with E-state index in [9.17, 15) is 0 Å². The molecule has 0 atom stereocenters. The van der Waals surface area contributed by atoms with Crippen LogP contribution in [-0.2, 0) is 0 Å². The van der Waals surface area contributed by atoms with Gasteiger partial charge in [0.25, 0.3) is 0 Å². The summed E-state index contributed by atoms with van der Waals surface area (Å²) in [6.07, 6.45) is 0. The Morgan fingerprint density at radius 2 is 0.977 bits per heavy atom. The monoisotopic (exact) mass is 580 g/mol. The van der Waals surface area contributed by atoms with Crippen molar-refractivity contribution in [2.24, 2.45) is 0 Å². The quantitative estimate of drug-likeness (QED) is 0.208. The highest BCUT2D eigenvalue weighted by molar-refractivity contribution is 7.25. The smallest absolute Gasteiger partial charge is 0.164 e. The third-order valence-electron chi connectivity index (χ3n) is 8.25. The number of thiophene rings is 1. The van der Waals surface area contributed by atoms with E-state index >= 15 is 0 Å². The molecule has 44 heavy (non-hydrogen) atoms. The van der Waals surface area contributed by atoms with Crippen molar-refractivity contribution in [2.75, 3.05) is 0 Å². The van der Waals surface area contributed by atoms with E-state index < -0.39 is 0 Å². The van der Waals surface area contributed by atoms with E-state index in [0.29, 0.717) is 17.5 Å². The second kappa shape index (κ2) is 9.97. The lowest BCUT2D eigenvalue weighted by Gasteiger charge is -2.11. The van der Waals surface area contributed by atoms with Crippen LogP contribution in [0.25, 0.3) is 81.8 Å². The summed E-state index contributed by atoms with van der Waals surface area (Å²) in [5, 5.41) is 4.94. The minimum absolute atomic E-state index is 0.655. The molecule has 3 aromatic heterocycles. The first-order valence-corrected chi connectivity index (χ1v) is 15.4. The highest BCUT2D eigenvalue weighted by atomic mass is 32.1. The molecule has 0 radical (unpaired) electrons. The van der Waals surface area contributed by atoms with Gasteiger partial charge in [-0.1, -0.05) is 103 Å². The van der Waals surface area contributed by atoms with Gasteiger partial charge in [-0.2, -0.15) is 0 Å².